The highest BCUT2D eigenvalue weighted by Gasteiger charge is 2.14. The molecule has 0 saturated carbocycles. The number of nitrogens with zero attached hydrogens (tertiary/aromatic N) is 5. The van der Waals surface area contributed by atoms with Crippen LogP contribution in [0.3, 0.4) is 0 Å². The van der Waals surface area contributed by atoms with Crippen molar-refractivity contribution in [2.45, 2.75) is 20.5 Å². The van der Waals surface area contributed by atoms with E-state index in [-0.39, 0.29) is 17.7 Å². The Balaban J connectivity index is 0.000000145. The third-order valence-electron chi connectivity index (χ3n) is 7.77. The summed E-state index contributed by atoms with van der Waals surface area (Å²) < 4.78 is 3.03. The van der Waals surface area contributed by atoms with Gasteiger partial charge in [-0.05, 0) is 67.4 Å². The number of benzene rings is 3. The Bertz CT molecular complexity index is 2510. The van der Waals surface area contributed by atoms with Crippen LogP contribution in [0, 0.1) is 13.8 Å². The Labute approximate surface area is 260 Å². The number of hydrogen-bond acceptors (Lipinski definition) is 6. The SMILES string of the molecule is Cc1ccc(-n2[nH]c3c(cnc4cc(CO)ccc43)c2=O)cn1.Cc1ccccc1-n1[nH]c2c(cnc3ccc(Cl)cc32)c1=O. The second-order valence-corrected chi connectivity index (χ2v) is 11.2. The standard InChI is InChI=1S/C17H12ClN3O.C17H14N4O2/c1-10-4-2-3-5-15(10)21-17(22)13-9-19-14-7-6-11(18)8-12(14)16(13)20-21;1-10-2-4-12(7-18-10)21-17(23)14-8-19-15-6-11(9-22)3-5-13(15)16(14)20-21/h2-9,20H,1H3;2-8,20,22H,9H2,1H3. The Morgan fingerprint density at radius 3 is 2.16 bits per heavy atom. The number of H-pyrrole nitrogens is 2. The van der Waals surface area contributed by atoms with Gasteiger partial charge in [-0.2, -0.15) is 0 Å². The van der Waals surface area contributed by atoms with Gasteiger partial charge in [0.05, 0.1) is 57.0 Å². The molecule has 0 amide bonds. The summed E-state index contributed by atoms with van der Waals surface area (Å²) in [5.74, 6) is 0. The van der Waals surface area contributed by atoms with E-state index in [1.54, 1.807) is 29.3 Å². The molecule has 0 aliphatic carbocycles. The second-order valence-electron chi connectivity index (χ2n) is 10.7. The molecule has 0 radical (unpaired) electrons. The van der Waals surface area contributed by atoms with E-state index in [4.69, 9.17) is 11.6 Å². The largest absolute Gasteiger partial charge is 0.392 e. The molecule has 0 fully saturated rings. The number of pyridine rings is 3. The minimum absolute atomic E-state index is 0.0395. The molecule has 10 nitrogen and oxygen atoms in total. The average Bonchev–Trinajstić information content (AvgIpc) is 3.58. The highest BCUT2D eigenvalue weighted by Crippen LogP contribution is 2.25. The van der Waals surface area contributed by atoms with Crippen molar-refractivity contribution in [3.05, 3.63) is 134 Å². The van der Waals surface area contributed by atoms with Crippen molar-refractivity contribution in [3.63, 3.8) is 0 Å². The number of aliphatic hydroxyl groups excluding tert-OH is 1. The zero-order valence-electron chi connectivity index (χ0n) is 24.2. The number of aromatic nitrogens is 7. The predicted octanol–water partition coefficient (Wildman–Crippen LogP) is 5.89. The van der Waals surface area contributed by atoms with Crippen LogP contribution >= 0.6 is 11.6 Å². The predicted molar refractivity (Wildman–Crippen MR) is 177 cm³/mol. The summed E-state index contributed by atoms with van der Waals surface area (Å²) in [5.41, 5.74) is 6.95. The highest BCUT2D eigenvalue weighted by atomic mass is 35.5. The number of hydrogen-bond donors (Lipinski definition) is 3. The topological polar surface area (TPSA) is 134 Å². The number of para-hydroxylation sites is 1. The van der Waals surface area contributed by atoms with Gasteiger partial charge in [0.2, 0.25) is 0 Å². The fraction of sp³-hybridized carbons (Fsp3) is 0.0882. The van der Waals surface area contributed by atoms with Gasteiger partial charge >= 0.3 is 0 Å². The number of fused-ring (bicyclic) bond motifs is 6. The lowest BCUT2D eigenvalue weighted by Gasteiger charge is -2.04. The van der Waals surface area contributed by atoms with Gasteiger partial charge in [-0.3, -0.25) is 34.7 Å². The average molecular weight is 616 g/mol. The number of halogens is 1. The minimum Gasteiger partial charge on any atom is -0.392 e. The maximum Gasteiger partial charge on any atom is 0.280 e. The summed E-state index contributed by atoms with van der Waals surface area (Å²) in [4.78, 5) is 38.2. The smallest absolute Gasteiger partial charge is 0.280 e. The third-order valence-corrected chi connectivity index (χ3v) is 8.01. The molecule has 5 heterocycles. The van der Waals surface area contributed by atoms with Crippen LogP contribution in [0.25, 0.3) is 55.0 Å². The van der Waals surface area contributed by atoms with Crippen molar-refractivity contribution < 1.29 is 5.11 Å². The zero-order chi connectivity index (χ0) is 31.2. The van der Waals surface area contributed by atoms with Crippen molar-refractivity contribution in [1.82, 2.24) is 34.5 Å². The van der Waals surface area contributed by atoms with Crippen LogP contribution in [0.5, 0.6) is 0 Å². The lowest BCUT2D eigenvalue weighted by Crippen LogP contribution is -2.15. The molecule has 0 atom stereocenters. The Morgan fingerprint density at radius 2 is 1.42 bits per heavy atom. The molecule has 11 heteroatoms. The molecule has 8 rings (SSSR count). The van der Waals surface area contributed by atoms with Crippen LogP contribution in [0.4, 0.5) is 0 Å². The molecule has 0 saturated heterocycles. The third kappa shape index (κ3) is 4.95. The van der Waals surface area contributed by atoms with Crippen LogP contribution in [-0.4, -0.2) is 39.6 Å². The van der Waals surface area contributed by atoms with E-state index in [1.165, 1.54) is 4.68 Å². The van der Waals surface area contributed by atoms with Crippen LogP contribution in [0.1, 0.15) is 16.8 Å². The summed E-state index contributed by atoms with van der Waals surface area (Å²) in [5, 5.41) is 19.0. The lowest BCUT2D eigenvalue weighted by molar-refractivity contribution is 0.282. The van der Waals surface area contributed by atoms with Crippen LogP contribution in [0.15, 0.2) is 101 Å². The van der Waals surface area contributed by atoms with Gasteiger partial charge in [0.25, 0.3) is 11.1 Å². The molecule has 3 aromatic carbocycles. The summed E-state index contributed by atoms with van der Waals surface area (Å²) in [6.07, 6.45) is 4.83. The first-order valence-electron chi connectivity index (χ1n) is 14.1. The van der Waals surface area contributed by atoms with Gasteiger partial charge in [-0.15, -0.1) is 0 Å². The first-order chi connectivity index (χ1) is 21.8. The second kappa shape index (κ2) is 11.2. The fourth-order valence-electron chi connectivity index (χ4n) is 5.39. The molecule has 3 N–H and O–H groups in total. The molecule has 0 bridgehead atoms. The molecular formula is C34H26ClN7O3. The lowest BCUT2D eigenvalue weighted by atomic mass is 10.1. The Morgan fingerprint density at radius 1 is 0.711 bits per heavy atom. The van der Waals surface area contributed by atoms with Crippen LogP contribution in [-0.2, 0) is 6.61 Å². The minimum atomic E-state index is -0.161. The maximum absolute atomic E-state index is 12.7. The molecule has 45 heavy (non-hydrogen) atoms. The van der Waals surface area contributed by atoms with Crippen molar-refractivity contribution in [1.29, 1.82) is 0 Å². The number of nitrogens with one attached hydrogen (secondary N) is 2. The summed E-state index contributed by atoms with van der Waals surface area (Å²) in [6, 6.07) is 22.4. The molecule has 0 spiro atoms. The van der Waals surface area contributed by atoms with E-state index in [9.17, 15) is 14.7 Å². The molecule has 222 valence electrons. The van der Waals surface area contributed by atoms with E-state index in [1.807, 2.05) is 80.6 Å². The van der Waals surface area contributed by atoms with Crippen molar-refractivity contribution in [2.75, 3.05) is 0 Å². The van der Waals surface area contributed by atoms with Gasteiger partial charge in [0.15, 0.2) is 0 Å². The van der Waals surface area contributed by atoms with Crippen molar-refractivity contribution in [2.24, 2.45) is 0 Å². The van der Waals surface area contributed by atoms with E-state index in [0.29, 0.717) is 21.5 Å². The number of aliphatic hydroxyl groups is 1. The normalized spacial score (nSPS) is 11.4. The van der Waals surface area contributed by atoms with Gasteiger partial charge in [0, 0.05) is 33.9 Å². The van der Waals surface area contributed by atoms with Crippen LogP contribution < -0.4 is 11.1 Å². The molecule has 0 aliphatic heterocycles. The Hall–Kier alpha value is -5.58. The van der Waals surface area contributed by atoms with Crippen molar-refractivity contribution >= 4 is 55.2 Å². The maximum atomic E-state index is 12.7. The summed E-state index contributed by atoms with van der Waals surface area (Å²) in [6.45, 7) is 3.83. The molecule has 8 aromatic rings. The van der Waals surface area contributed by atoms with E-state index in [0.717, 1.165) is 55.3 Å². The molecule has 0 unspecified atom stereocenters. The molecule has 0 aliphatic rings. The van der Waals surface area contributed by atoms with Crippen molar-refractivity contribution in [3.8, 4) is 11.4 Å². The van der Waals surface area contributed by atoms with E-state index in [2.05, 4.69) is 25.1 Å². The van der Waals surface area contributed by atoms with Gasteiger partial charge in [0.1, 0.15) is 0 Å². The summed E-state index contributed by atoms with van der Waals surface area (Å²) >= 11 is 6.08. The zero-order valence-corrected chi connectivity index (χ0v) is 25.0. The van der Waals surface area contributed by atoms with Gasteiger partial charge < -0.3 is 5.11 Å². The quantitative estimate of drug-likeness (QED) is 0.227. The first kappa shape index (κ1) is 28.2. The van der Waals surface area contributed by atoms with E-state index >= 15 is 0 Å². The number of aromatic amines is 2. The Kier molecular flexibility index (Phi) is 7.00. The molecular weight excluding hydrogens is 590 g/mol. The van der Waals surface area contributed by atoms with E-state index < -0.39 is 0 Å². The fourth-order valence-corrected chi connectivity index (χ4v) is 5.56. The monoisotopic (exact) mass is 615 g/mol. The van der Waals surface area contributed by atoms with Crippen LogP contribution in [0.2, 0.25) is 5.02 Å². The van der Waals surface area contributed by atoms with Gasteiger partial charge in [-0.1, -0.05) is 41.9 Å². The van der Waals surface area contributed by atoms with Gasteiger partial charge in [-0.25, -0.2) is 9.36 Å². The number of rotatable bonds is 3. The number of aryl methyl sites for hydroxylation is 2. The highest BCUT2D eigenvalue weighted by molar-refractivity contribution is 6.31. The summed E-state index contributed by atoms with van der Waals surface area (Å²) in [7, 11) is 0. The molecule has 5 aromatic heterocycles. The first-order valence-corrected chi connectivity index (χ1v) is 14.5.